The van der Waals surface area contributed by atoms with Gasteiger partial charge >= 0.3 is 0 Å². The average molecular weight is 249 g/mol. The molecule has 1 aliphatic heterocycles. The minimum absolute atomic E-state index is 0.136. The molecule has 0 unspecified atom stereocenters. The van der Waals surface area contributed by atoms with Gasteiger partial charge in [0.1, 0.15) is 5.62 Å². The molecule has 0 spiro atoms. The SMILES string of the molecule is CCCCCN1[SiH2]N(CCCCC)C1Cl. The van der Waals surface area contributed by atoms with Crippen molar-refractivity contribution >= 4 is 21.4 Å². The molecule has 1 rings (SSSR count). The molecule has 2 nitrogen and oxygen atoms in total. The molecule has 90 valence electrons. The molecule has 0 aromatic heterocycles. The van der Waals surface area contributed by atoms with Crippen LogP contribution in [0.5, 0.6) is 0 Å². The first-order valence-corrected chi connectivity index (χ1v) is 8.12. The van der Waals surface area contributed by atoms with Crippen molar-refractivity contribution in [3.63, 3.8) is 0 Å². The summed E-state index contributed by atoms with van der Waals surface area (Å²) in [6.07, 6.45) is 7.98. The van der Waals surface area contributed by atoms with Gasteiger partial charge in [0.25, 0.3) is 0 Å². The van der Waals surface area contributed by atoms with E-state index in [4.69, 9.17) is 11.6 Å². The molecule has 15 heavy (non-hydrogen) atoms. The zero-order chi connectivity index (χ0) is 11.1. The van der Waals surface area contributed by atoms with Crippen molar-refractivity contribution in [2.24, 2.45) is 0 Å². The first-order valence-electron chi connectivity index (χ1n) is 6.41. The fourth-order valence-corrected chi connectivity index (χ4v) is 4.17. The Morgan fingerprint density at radius 2 is 1.40 bits per heavy atom. The Balaban J connectivity index is 2.01. The van der Waals surface area contributed by atoms with Crippen molar-refractivity contribution in [2.75, 3.05) is 13.1 Å². The first-order chi connectivity index (χ1) is 7.29. The quantitative estimate of drug-likeness (QED) is 0.282. The molecular formula is C11H25ClN2Si. The second kappa shape index (κ2) is 7.66. The molecule has 0 bridgehead atoms. The van der Waals surface area contributed by atoms with Crippen molar-refractivity contribution < 1.29 is 0 Å². The van der Waals surface area contributed by atoms with E-state index in [1.807, 2.05) is 0 Å². The summed E-state index contributed by atoms with van der Waals surface area (Å²) in [5, 5.41) is 0. The Labute approximate surface area is 102 Å². The van der Waals surface area contributed by atoms with Gasteiger partial charge in [-0.2, -0.15) is 0 Å². The monoisotopic (exact) mass is 248 g/mol. The summed E-state index contributed by atoms with van der Waals surface area (Å²) >= 11 is 6.33. The molecule has 1 fully saturated rings. The van der Waals surface area contributed by atoms with Gasteiger partial charge in [-0.05, 0) is 25.9 Å². The standard InChI is InChI=1S/C11H25ClN2Si/c1-3-5-7-9-13-11(12)14(15-13)10-8-6-4-2/h11H,3-10,15H2,1-2H3. The molecule has 0 aromatic carbocycles. The summed E-state index contributed by atoms with van der Waals surface area (Å²) < 4.78 is 5.01. The van der Waals surface area contributed by atoms with E-state index >= 15 is 0 Å². The second-order valence-corrected chi connectivity index (χ2v) is 6.79. The van der Waals surface area contributed by atoms with Gasteiger partial charge in [0.15, 0.2) is 9.84 Å². The number of rotatable bonds is 8. The van der Waals surface area contributed by atoms with Crippen LogP contribution in [0.15, 0.2) is 0 Å². The molecule has 0 radical (unpaired) electrons. The van der Waals surface area contributed by atoms with Crippen LogP contribution in [0.25, 0.3) is 0 Å². The maximum absolute atomic E-state index is 6.33. The summed E-state index contributed by atoms with van der Waals surface area (Å²) in [6, 6.07) is 0. The minimum atomic E-state index is -0.136. The minimum Gasteiger partial charge on any atom is -0.289 e. The van der Waals surface area contributed by atoms with Crippen LogP contribution in [0.4, 0.5) is 0 Å². The lowest BCUT2D eigenvalue weighted by atomic mass is 10.2. The van der Waals surface area contributed by atoms with E-state index in [-0.39, 0.29) is 15.5 Å². The molecule has 0 saturated carbocycles. The summed E-state index contributed by atoms with van der Waals surface area (Å²) in [4.78, 5) is 0. The predicted molar refractivity (Wildman–Crippen MR) is 70.6 cm³/mol. The zero-order valence-electron chi connectivity index (χ0n) is 10.2. The van der Waals surface area contributed by atoms with Gasteiger partial charge in [-0.25, -0.2) is 0 Å². The number of hydrogen-bond acceptors (Lipinski definition) is 2. The molecule has 0 atom stereocenters. The topological polar surface area (TPSA) is 6.48 Å². The lowest BCUT2D eigenvalue weighted by Crippen LogP contribution is -2.64. The Morgan fingerprint density at radius 1 is 0.933 bits per heavy atom. The van der Waals surface area contributed by atoms with Gasteiger partial charge < -0.3 is 0 Å². The van der Waals surface area contributed by atoms with Crippen LogP contribution in [0, 0.1) is 0 Å². The lowest BCUT2D eigenvalue weighted by molar-refractivity contribution is 0.159. The highest BCUT2D eigenvalue weighted by molar-refractivity contribution is 6.39. The maximum atomic E-state index is 6.33. The van der Waals surface area contributed by atoms with Crippen molar-refractivity contribution in [2.45, 2.75) is 58.0 Å². The lowest BCUT2D eigenvalue weighted by Gasteiger charge is -2.47. The van der Waals surface area contributed by atoms with Crippen molar-refractivity contribution in [3.05, 3.63) is 0 Å². The van der Waals surface area contributed by atoms with E-state index in [1.165, 1.54) is 51.6 Å². The Hall–Kier alpha value is 0.427. The van der Waals surface area contributed by atoms with Crippen LogP contribution in [-0.4, -0.2) is 37.7 Å². The smallest absolute Gasteiger partial charge is 0.177 e. The van der Waals surface area contributed by atoms with E-state index in [1.54, 1.807) is 0 Å². The van der Waals surface area contributed by atoms with Crippen molar-refractivity contribution in [1.29, 1.82) is 0 Å². The first kappa shape index (κ1) is 13.5. The van der Waals surface area contributed by atoms with Gasteiger partial charge in [-0.3, -0.25) is 9.13 Å². The van der Waals surface area contributed by atoms with E-state index in [0.717, 1.165) is 0 Å². The van der Waals surface area contributed by atoms with Crippen LogP contribution >= 0.6 is 11.6 Å². The molecule has 1 aliphatic rings. The van der Waals surface area contributed by atoms with E-state index in [2.05, 4.69) is 23.0 Å². The largest absolute Gasteiger partial charge is 0.289 e. The third kappa shape index (κ3) is 4.43. The zero-order valence-corrected chi connectivity index (χ0v) is 12.4. The summed E-state index contributed by atoms with van der Waals surface area (Å²) in [5.74, 6) is 0. The summed E-state index contributed by atoms with van der Waals surface area (Å²) in [5.41, 5.74) is 0.241. The predicted octanol–water partition coefficient (Wildman–Crippen LogP) is 2.51. The van der Waals surface area contributed by atoms with Gasteiger partial charge in [0.2, 0.25) is 0 Å². The van der Waals surface area contributed by atoms with E-state index in [0.29, 0.717) is 0 Å². The summed E-state index contributed by atoms with van der Waals surface area (Å²) in [7, 11) is -0.136. The van der Waals surface area contributed by atoms with Crippen LogP contribution in [0.1, 0.15) is 52.4 Å². The van der Waals surface area contributed by atoms with Gasteiger partial charge in [0.05, 0.1) is 0 Å². The summed E-state index contributed by atoms with van der Waals surface area (Å²) in [6.45, 7) is 6.97. The molecular weight excluding hydrogens is 224 g/mol. The van der Waals surface area contributed by atoms with Crippen LogP contribution in [0.2, 0.25) is 0 Å². The van der Waals surface area contributed by atoms with Crippen LogP contribution in [-0.2, 0) is 0 Å². The second-order valence-electron chi connectivity index (χ2n) is 4.49. The number of unbranched alkanes of at least 4 members (excludes halogenated alkanes) is 4. The highest BCUT2D eigenvalue weighted by Gasteiger charge is 2.33. The van der Waals surface area contributed by atoms with Crippen molar-refractivity contribution in [3.8, 4) is 0 Å². The number of halogens is 1. The van der Waals surface area contributed by atoms with E-state index < -0.39 is 0 Å². The Kier molecular flexibility index (Phi) is 6.89. The third-order valence-electron chi connectivity index (χ3n) is 3.06. The van der Waals surface area contributed by atoms with Crippen LogP contribution < -0.4 is 0 Å². The van der Waals surface area contributed by atoms with Gasteiger partial charge in [-0.15, -0.1) is 0 Å². The molecule has 0 N–H and O–H groups in total. The highest BCUT2D eigenvalue weighted by Crippen LogP contribution is 2.21. The van der Waals surface area contributed by atoms with Crippen LogP contribution in [0.3, 0.4) is 0 Å². The number of hydrogen-bond donors (Lipinski definition) is 0. The number of nitrogens with zero attached hydrogens (tertiary/aromatic N) is 2. The molecule has 1 saturated heterocycles. The molecule has 0 aromatic rings. The Morgan fingerprint density at radius 3 is 1.73 bits per heavy atom. The van der Waals surface area contributed by atoms with Gasteiger partial charge in [-0.1, -0.05) is 51.1 Å². The molecule has 0 aliphatic carbocycles. The fraction of sp³-hybridized carbons (Fsp3) is 1.00. The molecule has 1 heterocycles. The third-order valence-corrected chi connectivity index (χ3v) is 6.13. The highest BCUT2D eigenvalue weighted by atomic mass is 35.5. The molecule has 0 amide bonds. The van der Waals surface area contributed by atoms with Gasteiger partial charge in [0, 0.05) is 0 Å². The normalized spacial score (nSPS) is 24.6. The Bertz CT molecular complexity index is 153. The average Bonchev–Trinajstić information content (AvgIpc) is 2.25. The number of alkyl halides is 1. The maximum Gasteiger partial charge on any atom is 0.177 e. The van der Waals surface area contributed by atoms with E-state index in [9.17, 15) is 0 Å². The van der Waals surface area contributed by atoms with Crippen molar-refractivity contribution in [1.82, 2.24) is 9.13 Å². The fourth-order valence-electron chi connectivity index (χ4n) is 1.99. The molecule has 4 heteroatoms.